The summed E-state index contributed by atoms with van der Waals surface area (Å²) in [6, 6.07) is 0. The van der Waals surface area contributed by atoms with Gasteiger partial charge in [-0.2, -0.15) is 0 Å². The standard InChI is InChI=1S/C11H22F2N2O2/c1-4-5-15-11(3,10(14)16)6-8(2)17-7-9(12)13/h8-9,15H,4-7H2,1-3H3,(H2,14,16). The summed E-state index contributed by atoms with van der Waals surface area (Å²) in [5.41, 5.74) is 4.39. The van der Waals surface area contributed by atoms with E-state index in [2.05, 4.69) is 5.32 Å². The molecule has 0 fully saturated rings. The maximum Gasteiger partial charge on any atom is 0.261 e. The van der Waals surface area contributed by atoms with Crippen molar-refractivity contribution in [2.24, 2.45) is 5.73 Å². The fourth-order valence-electron chi connectivity index (χ4n) is 1.53. The topological polar surface area (TPSA) is 64.3 Å². The zero-order valence-electron chi connectivity index (χ0n) is 10.6. The molecule has 17 heavy (non-hydrogen) atoms. The van der Waals surface area contributed by atoms with Crippen molar-refractivity contribution in [2.75, 3.05) is 13.2 Å². The summed E-state index contributed by atoms with van der Waals surface area (Å²) in [5.74, 6) is -0.501. The van der Waals surface area contributed by atoms with Crippen LogP contribution < -0.4 is 11.1 Å². The molecule has 0 spiro atoms. The van der Waals surface area contributed by atoms with E-state index in [-0.39, 0.29) is 6.42 Å². The molecule has 0 aliphatic carbocycles. The number of nitrogens with one attached hydrogen (secondary N) is 1. The van der Waals surface area contributed by atoms with Gasteiger partial charge in [-0.1, -0.05) is 6.92 Å². The van der Waals surface area contributed by atoms with E-state index in [1.807, 2.05) is 6.92 Å². The fourth-order valence-corrected chi connectivity index (χ4v) is 1.53. The Hall–Kier alpha value is -0.750. The Labute approximate surface area is 101 Å². The molecule has 2 unspecified atom stereocenters. The number of hydrogen-bond acceptors (Lipinski definition) is 3. The smallest absolute Gasteiger partial charge is 0.261 e. The molecule has 2 atom stereocenters. The highest BCUT2D eigenvalue weighted by atomic mass is 19.3. The van der Waals surface area contributed by atoms with Crippen LogP contribution in [0, 0.1) is 0 Å². The second-order valence-corrected chi connectivity index (χ2v) is 4.36. The van der Waals surface area contributed by atoms with Gasteiger partial charge in [-0.3, -0.25) is 4.79 Å². The number of halogens is 2. The van der Waals surface area contributed by atoms with Gasteiger partial charge in [-0.25, -0.2) is 8.78 Å². The largest absolute Gasteiger partial charge is 0.372 e. The quantitative estimate of drug-likeness (QED) is 0.650. The molecule has 6 heteroatoms. The van der Waals surface area contributed by atoms with Crippen molar-refractivity contribution in [1.82, 2.24) is 5.32 Å². The highest BCUT2D eigenvalue weighted by molar-refractivity contribution is 5.84. The first-order chi connectivity index (χ1) is 7.81. The van der Waals surface area contributed by atoms with Crippen molar-refractivity contribution in [3.8, 4) is 0 Å². The summed E-state index contributed by atoms with van der Waals surface area (Å²) in [6.07, 6.45) is -1.82. The number of carbonyl (C=O) groups is 1. The van der Waals surface area contributed by atoms with Gasteiger partial charge in [0, 0.05) is 6.42 Å². The zero-order valence-corrected chi connectivity index (χ0v) is 10.6. The number of carbonyl (C=O) groups excluding carboxylic acids is 1. The lowest BCUT2D eigenvalue weighted by molar-refractivity contribution is -0.125. The third-order valence-electron chi connectivity index (χ3n) is 2.51. The number of ether oxygens (including phenoxy) is 1. The Morgan fingerprint density at radius 3 is 2.53 bits per heavy atom. The lowest BCUT2D eigenvalue weighted by Gasteiger charge is -2.30. The SMILES string of the molecule is CCCNC(C)(CC(C)OCC(F)F)C(N)=O. The molecule has 0 heterocycles. The van der Waals surface area contributed by atoms with E-state index in [1.165, 1.54) is 0 Å². The molecule has 0 aromatic heterocycles. The number of amides is 1. The first-order valence-corrected chi connectivity index (χ1v) is 5.76. The minimum Gasteiger partial charge on any atom is -0.372 e. The van der Waals surface area contributed by atoms with Gasteiger partial charge < -0.3 is 15.8 Å². The van der Waals surface area contributed by atoms with Crippen LogP contribution in [0.4, 0.5) is 8.78 Å². The van der Waals surface area contributed by atoms with Crippen LogP contribution in [-0.2, 0) is 9.53 Å². The minimum atomic E-state index is -2.50. The van der Waals surface area contributed by atoms with E-state index in [1.54, 1.807) is 13.8 Å². The summed E-state index contributed by atoms with van der Waals surface area (Å²) in [6.45, 7) is 5.29. The average molecular weight is 252 g/mol. The Kier molecular flexibility index (Phi) is 7.22. The molecule has 0 rings (SSSR count). The van der Waals surface area contributed by atoms with E-state index >= 15 is 0 Å². The fraction of sp³-hybridized carbons (Fsp3) is 0.909. The van der Waals surface area contributed by atoms with Gasteiger partial charge >= 0.3 is 0 Å². The van der Waals surface area contributed by atoms with Gasteiger partial charge in [0.15, 0.2) is 0 Å². The predicted octanol–water partition coefficient (Wildman–Crippen LogP) is 1.29. The summed E-state index contributed by atoms with van der Waals surface area (Å²) in [4.78, 5) is 11.4. The third kappa shape index (κ3) is 6.53. The molecule has 0 aliphatic rings. The Morgan fingerprint density at radius 2 is 2.12 bits per heavy atom. The Bertz CT molecular complexity index is 240. The number of primary amides is 1. The third-order valence-corrected chi connectivity index (χ3v) is 2.51. The van der Waals surface area contributed by atoms with Crippen molar-refractivity contribution in [3.63, 3.8) is 0 Å². The van der Waals surface area contributed by atoms with Crippen molar-refractivity contribution in [1.29, 1.82) is 0 Å². The maximum absolute atomic E-state index is 12.0. The van der Waals surface area contributed by atoms with Crippen LogP contribution in [0.5, 0.6) is 0 Å². The molecule has 0 aromatic carbocycles. The van der Waals surface area contributed by atoms with Gasteiger partial charge in [0.05, 0.1) is 11.6 Å². The lowest BCUT2D eigenvalue weighted by atomic mass is 9.93. The van der Waals surface area contributed by atoms with E-state index < -0.39 is 30.6 Å². The molecule has 4 nitrogen and oxygen atoms in total. The first kappa shape index (κ1) is 16.2. The molecule has 0 aromatic rings. The lowest BCUT2D eigenvalue weighted by Crippen LogP contribution is -2.55. The highest BCUT2D eigenvalue weighted by Crippen LogP contribution is 2.15. The summed E-state index contributed by atoms with van der Waals surface area (Å²) >= 11 is 0. The van der Waals surface area contributed by atoms with Crippen LogP contribution in [0.1, 0.15) is 33.6 Å². The zero-order chi connectivity index (χ0) is 13.5. The first-order valence-electron chi connectivity index (χ1n) is 5.76. The maximum atomic E-state index is 12.0. The van der Waals surface area contributed by atoms with Crippen LogP contribution in [0.25, 0.3) is 0 Å². The van der Waals surface area contributed by atoms with Crippen LogP contribution in [0.2, 0.25) is 0 Å². The Balaban J connectivity index is 4.28. The van der Waals surface area contributed by atoms with Gasteiger partial charge in [0.1, 0.15) is 6.61 Å². The average Bonchev–Trinajstić information content (AvgIpc) is 2.23. The van der Waals surface area contributed by atoms with E-state index in [9.17, 15) is 13.6 Å². The van der Waals surface area contributed by atoms with Gasteiger partial charge in [-0.05, 0) is 26.8 Å². The van der Waals surface area contributed by atoms with Crippen molar-refractivity contribution < 1.29 is 18.3 Å². The van der Waals surface area contributed by atoms with Crippen molar-refractivity contribution in [2.45, 2.75) is 51.7 Å². The van der Waals surface area contributed by atoms with Gasteiger partial charge in [0.25, 0.3) is 6.43 Å². The van der Waals surface area contributed by atoms with E-state index in [0.717, 1.165) is 6.42 Å². The van der Waals surface area contributed by atoms with Gasteiger partial charge in [0.2, 0.25) is 5.91 Å². The number of alkyl halides is 2. The van der Waals surface area contributed by atoms with E-state index in [4.69, 9.17) is 10.5 Å². The van der Waals surface area contributed by atoms with Crippen LogP contribution >= 0.6 is 0 Å². The van der Waals surface area contributed by atoms with Crippen molar-refractivity contribution >= 4 is 5.91 Å². The summed E-state index contributed by atoms with van der Waals surface area (Å²) in [7, 11) is 0. The summed E-state index contributed by atoms with van der Waals surface area (Å²) < 4.78 is 28.8. The van der Waals surface area contributed by atoms with Crippen molar-refractivity contribution in [3.05, 3.63) is 0 Å². The normalized spacial score (nSPS) is 16.8. The molecular weight excluding hydrogens is 230 g/mol. The van der Waals surface area contributed by atoms with Crippen LogP contribution in [0.15, 0.2) is 0 Å². The number of rotatable bonds is 9. The number of hydrogen-bond donors (Lipinski definition) is 2. The molecule has 102 valence electrons. The van der Waals surface area contributed by atoms with Crippen LogP contribution in [-0.4, -0.2) is 37.1 Å². The molecule has 0 radical (unpaired) electrons. The molecular formula is C11H22F2N2O2. The van der Waals surface area contributed by atoms with Gasteiger partial charge in [-0.15, -0.1) is 0 Å². The summed E-state index contributed by atoms with van der Waals surface area (Å²) in [5, 5.41) is 3.02. The minimum absolute atomic E-state index is 0.273. The monoisotopic (exact) mass is 252 g/mol. The molecule has 1 amide bonds. The Morgan fingerprint density at radius 1 is 1.53 bits per heavy atom. The second kappa shape index (κ2) is 7.55. The predicted molar refractivity (Wildman–Crippen MR) is 61.9 cm³/mol. The molecule has 0 saturated carbocycles. The molecule has 0 bridgehead atoms. The molecule has 3 N–H and O–H groups in total. The highest BCUT2D eigenvalue weighted by Gasteiger charge is 2.32. The van der Waals surface area contributed by atoms with E-state index in [0.29, 0.717) is 6.54 Å². The molecule has 0 saturated heterocycles. The number of nitrogens with two attached hydrogens (primary N) is 1. The van der Waals surface area contributed by atoms with Crippen LogP contribution in [0.3, 0.4) is 0 Å². The second-order valence-electron chi connectivity index (χ2n) is 4.36. The molecule has 0 aliphatic heterocycles.